The van der Waals surface area contributed by atoms with Gasteiger partial charge in [0.05, 0.1) is 11.4 Å². The summed E-state index contributed by atoms with van der Waals surface area (Å²) < 4.78 is 5.32. The Kier molecular flexibility index (Phi) is 3.91. The normalized spacial score (nSPS) is 17.3. The van der Waals surface area contributed by atoms with Crippen LogP contribution in [0.4, 0.5) is 11.4 Å². The lowest BCUT2D eigenvalue weighted by Crippen LogP contribution is -2.22. The molecule has 1 aliphatic heterocycles. The van der Waals surface area contributed by atoms with Crippen LogP contribution in [0.2, 0.25) is 5.02 Å². The Hall–Kier alpha value is -0.930. The van der Waals surface area contributed by atoms with E-state index >= 15 is 0 Å². The van der Waals surface area contributed by atoms with Crippen LogP contribution in [0.15, 0.2) is 18.2 Å². The van der Waals surface area contributed by atoms with Crippen LogP contribution in [0.25, 0.3) is 0 Å². The van der Waals surface area contributed by atoms with Gasteiger partial charge >= 0.3 is 0 Å². The molecule has 1 saturated heterocycles. The lowest BCUT2D eigenvalue weighted by molar-refractivity contribution is 0.0699. The molecule has 0 atom stereocenters. The first-order chi connectivity index (χ1) is 7.75. The molecular weight excluding hydrogens is 224 g/mol. The van der Waals surface area contributed by atoms with Crippen LogP contribution in [0.5, 0.6) is 0 Å². The lowest BCUT2D eigenvalue weighted by Gasteiger charge is -2.23. The quantitative estimate of drug-likeness (QED) is 0.799. The molecule has 1 fully saturated rings. The summed E-state index contributed by atoms with van der Waals surface area (Å²) in [4.78, 5) is 0. The molecule has 3 nitrogen and oxygen atoms in total. The number of benzene rings is 1. The second-order valence-corrected chi connectivity index (χ2v) is 4.60. The highest BCUT2D eigenvalue weighted by molar-refractivity contribution is 6.31. The largest absolute Gasteiger partial charge is 0.397 e. The topological polar surface area (TPSA) is 47.3 Å². The first-order valence-corrected chi connectivity index (χ1v) is 6.00. The highest BCUT2D eigenvalue weighted by Crippen LogP contribution is 2.24. The third kappa shape index (κ3) is 3.03. The summed E-state index contributed by atoms with van der Waals surface area (Å²) in [6.07, 6.45) is 2.25. The van der Waals surface area contributed by atoms with Gasteiger partial charge in [-0.3, -0.25) is 0 Å². The molecule has 0 saturated carbocycles. The van der Waals surface area contributed by atoms with Crippen LogP contribution in [0.1, 0.15) is 12.8 Å². The van der Waals surface area contributed by atoms with Gasteiger partial charge < -0.3 is 15.8 Å². The minimum atomic E-state index is 0.675. The Morgan fingerprint density at radius 2 is 2.12 bits per heavy atom. The molecule has 1 aliphatic rings. The second kappa shape index (κ2) is 5.41. The maximum absolute atomic E-state index is 5.87. The van der Waals surface area contributed by atoms with Crippen LogP contribution >= 0.6 is 11.6 Å². The molecule has 1 heterocycles. The van der Waals surface area contributed by atoms with Crippen LogP contribution in [-0.4, -0.2) is 19.8 Å². The van der Waals surface area contributed by atoms with E-state index in [1.165, 1.54) is 0 Å². The number of nitrogens with two attached hydrogens (primary N) is 1. The fourth-order valence-electron chi connectivity index (χ4n) is 1.90. The van der Waals surface area contributed by atoms with Crippen molar-refractivity contribution in [1.29, 1.82) is 0 Å². The summed E-state index contributed by atoms with van der Waals surface area (Å²) in [5, 5.41) is 4.05. The van der Waals surface area contributed by atoms with Crippen LogP contribution in [0.3, 0.4) is 0 Å². The smallest absolute Gasteiger partial charge is 0.0575 e. The Morgan fingerprint density at radius 1 is 1.38 bits per heavy atom. The van der Waals surface area contributed by atoms with Crippen molar-refractivity contribution < 1.29 is 4.74 Å². The fourth-order valence-corrected chi connectivity index (χ4v) is 2.08. The highest BCUT2D eigenvalue weighted by Gasteiger charge is 2.13. The number of anilines is 2. The molecule has 0 spiro atoms. The van der Waals surface area contributed by atoms with Crippen LogP contribution in [0, 0.1) is 5.92 Å². The maximum Gasteiger partial charge on any atom is 0.0575 e. The van der Waals surface area contributed by atoms with E-state index in [0.717, 1.165) is 38.3 Å². The number of ether oxygens (including phenoxy) is 1. The zero-order chi connectivity index (χ0) is 11.4. The number of hydrogen-bond donors (Lipinski definition) is 2. The van der Waals surface area contributed by atoms with Gasteiger partial charge in [-0.15, -0.1) is 0 Å². The standard InChI is InChI=1S/C12H17ClN2O/c13-10-1-2-12(11(14)7-10)15-8-9-3-5-16-6-4-9/h1-2,7,9,15H,3-6,8,14H2. The number of nitrogens with one attached hydrogen (secondary N) is 1. The maximum atomic E-state index is 5.87. The molecule has 16 heavy (non-hydrogen) atoms. The molecular formula is C12H17ClN2O. The SMILES string of the molecule is Nc1cc(Cl)ccc1NCC1CCOCC1. The van der Waals surface area contributed by atoms with Gasteiger partial charge in [0.1, 0.15) is 0 Å². The zero-order valence-corrected chi connectivity index (χ0v) is 9.96. The third-order valence-electron chi connectivity index (χ3n) is 2.94. The lowest BCUT2D eigenvalue weighted by atomic mass is 10.0. The fraction of sp³-hybridized carbons (Fsp3) is 0.500. The van der Waals surface area contributed by atoms with E-state index in [1.807, 2.05) is 12.1 Å². The summed E-state index contributed by atoms with van der Waals surface area (Å²) in [7, 11) is 0. The average Bonchev–Trinajstić information content (AvgIpc) is 2.29. The molecule has 0 bridgehead atoms. The summed E-state index contributed by atoms with van der Waals surface area (Å²) in [6.45, 7) is 2.71. The number of halogens is 1. The van der Waals surface area contributed by atoms with Crippen molar-refractivity contribution in [1.82, 2.24) is 0 Å². The Bertz CT molecular complexity index is 351. The Morgan fingerprint density at radius 3 is 2.81 bits per heavy atom. The predicted molar refractivity (Wildman–Crippen MR) is 67.9 cm³/mol. The van der Waals surface area contributed by atoms with E-state index in [4.69, 9.17) is 22.1 Å². The number of nitrogen functional groups attached to an aromatic ring is 1. The van der Waals surface area contributed by atoms with Gasteiger partial charge in [-0.2, -0.15) is 0 Å². The average molecular weight is 241 g/mol. The van der Waals surface area contributed by atoms with Crippen molar-refractivity contribution in [3.8, 4) is 0 Å². The Labute approximate surface area is 101 Å². The molecule has 4 heteroatoms. The van der Waals surface area contributed by atoms with Crippen LogP contribution in [-0.2, 0) is 4.74 Å². The first-order valence-electron chi connectivity index (χ1n) is 5.62. The first kappa shape index (κ1) is 11.6. The second-order valence-electron chi connectivity index (χ2n) is 4.17. The van der Waals surface area contributed by atoms with E-state index in [-0.39, 0.29) is 0 Å². The third-order valence-corrected chi connectivity index (χ3v) is 3.17. The molecule has 2 rings (SSSR count). The molecule has 88 valence electrons. The van der Waals surface area contributed by atoms with E-state index in [9.17, 15) is 0 Å². The molecule has 0 unspecified atom stereocenters. The van der Waals surface area contributed by atoms with Crippen molar-refractivity contribution >= 4 is 23.0 Å². The van der Waals surface area contributed by atoms with Gasteiger partial charge in [0.25, 0.3) is 0 Å². The van der Waals surface area contributed by atoms with E-state index in [0.29, 0.717) is 16.6 Å². The van der Waals surface area contributed by atoms with E-state index in [2.05, 4.69) is 5.32 Å². The van der Waals surface area contributed by atoms with Gasteiger partial charge in [0, 0.05) is 24.8 Å². The van der Waals surface area contributed by atoms with Crippen molar-refractivity contribution in [2.24, 2.45) is 5.92 Å². The highest BCUT2D eigenvalue weighted by atomic mass is 35.5. The van der Waals surface area contributed by atoms with Gasteiger partial charge in [-0.1, -0.05) is 11.6 Å². The predicted octanol–water partition coefficient (Wildman–Crippen LogP) is 2.76. The van der Waals surface area contributed by atoms with Crippen molar-refractivity contribution in [2.75, 3.05) is 30.8 Å². The van der Waals surface area contributed by atoms with Crippen LogP contribution < -0.4 is 11.1 Å². The minimum absolute atomic E-state index is 0.675. The van der Waals surface area contributed by atoms with E-state index < -0.39 is 0 Å². The van der Waals surface area contributed by atoms with Gasteiger partial charge in [0.2, 0.25) is 0 Å². The van der Waals surface area contributed by atoms with Gasteiger partial charge in [-0.05, 0) is 37.0 Å². The number of rotatable bonds is 3. The minimum Gasteiger partial charge on any atom is -0.397 e. The summed E-state index contributed by atoms with van der Waals surface area (Å²) >= 11 is 5.84. The molecule has 3 N–H and O–H groups in total. The molecule has 1 aromatic rings. The van der Waals surface area contributed by atoms with E-state index in [1.54, 1.807) is 6.07 Å². The van der Waals surface area contributed by atoms with Gasteiger partial charge in [-0.25, -0.2) is 0 Å². The van der Waals surface area contributed by atoms with Gasteiger partial charge in [0.15, 0.2) is 0 Å². The summed E-state index contributed by atoms with van der Waals surface area (Å²) in [5.41, 5.74) is 7.54. The molecule has 1 aromatic carbocycles. The summed E-state index contributed by atoms with van der Waals surface area (Å²) in [6, 6.07) is 5.55. The molecule has 0 aromatic heterocycles. The number of hydrogen-bond acceptors (Lipinski definition) is 3. The molecule has 0 aliphatic carbocycles. The zero-order valence-electron chi connectivity index (χ0n) is 9.21. The Balaban J connectivity index is 1.88. The van der Waals surface area contributed by atoms with Crippen molar-refractivity contribution in [3.63, 3.8) is 0 Å². The summed E-state index contributed by atoms with van der Waals surface area (Å²) in [5.74, 6) is 0.684. The molecule has 0 radical (unpaired) electrons. The monoisotopic (exact) mass is 240 g/mol. The van der Waals surface area contributed by atoms with Crippen molar-refractivity contribution in [2.45, 2.75) is 12.8 Å². The van der Waals surface area contributed by atoms with Crippen molar-refractivity contribution in [3.05, 3.63) is 23.2 Å². The molecule has 0 amide bonds.